The molecule has 0 aromatic carbocycles. The highest BCUT2D eigenvalue weighted by Crippen LogP contribution is 2.43. The molecule has 2 aromatic rings. The molecule has 0 bridgehead atoms. The van der Waals surface area contributed by atoms with Gasteiger partial charge in [0.05, 0.1) is 10.8 Å². The van der Waals surface area contributed by atoms with Gasteiger partial charge < -0.3 is 4.74 Å². The lowest BCUT2D eigenvalue weighted by molar-refractivity contribution is -0.125. The Balaban J connectivity index is 1.40. The smallest absolute Gasteiger partial charge is 0.204 e. The molecule has 0 amide bonds. The van der Waals surface area contributed by atoms with Crippen molar-refractivity contribution in [3.05, 3.63) is 26.8 Å². The molecular formula is C26H33ClO3S3Si. The van der Waals surface area contributed by atoms with Gasteiger partial charge in [0.1, 0.15) is 8.07 Å². The van der Waals surface area contributed by atoms with Crippen molar-refractivity contribution in [3.63, 3.8) is 0 Å². The third-order valence-corrected chi connectivity index (χ3v) is 14.5. The molecule has 34 heavy (non-hydrogen) atoms. The first-order valence-corrected chi connectivity index (χ1v) is 18.1. The van der Waals surface area contributed by atoms with Crippen molar-refractivity contribution >= 4 is 81.5 Å². The van der Waals surface area contributed by atoms with Crippen LogP contribution in [0.4, 0.5) is 0 Å². The minimum absolute atomic E-state index is 0.0373. The zero-order valence-electron chi connectivity index (χ0n) is 20.4. The number of alkyl halides is 1. The molecule has 2 aliphatic rings. The van der Waals surface area contributed by atoms with E-state index >= 15 is 0 Å². The van der Waals surface area contributed by atoms with Gasteiger partial charge >= 0.3 is 0 Å². The molecule has 4 rings (SSSR count). The van der Waals surface area contributed by atoms with Crippen LogP contribution in [-0.2, 0) is 14.3 Å². The van der Waals surface area contributed by atoms with Crippen LogP contribution in [0.5, 0.6) is 0 Å². The number of thioether (sulfide) groups is 1. The molecule has 1 fully saturated rings. The van der Waals surface area contributed by atoms with Crippen molar-refractivity contribution < 1.29 is 14.3 Å². The zero-order valence-corrected chi connectivity index (χ0v) is 24.6. The molecule has 1 unspecified atom stereocenters. The molecule has 8 heteroatoms. The molecule has 184 valence electrons. The van der Waals surface area contributed by atoms with Crippen molar-refractivity contribution in [1.82, 2.24) is 0 Å². The molecule has 3 nitrogen and oxygen atoms in total. The van der Waals surface area contributed by atoms with Crippen LogP contribution in [-0.4, -0.2) is 38.1 Å². The van der Waals surface area contributed by atoms with Crippen LogP contribution in [0, 0.1) is 5.92 Å². The number of ketones is 1. The highest BCUT2D eigenvalue weighted by atomic mass is 35.5. The van der Waals surface area contributed by atoms with Crippen molar-refractivity contribution in [3.8, 4) is 9.75 Å². The van der Waals surface area contributed by atoms with Crippen molar-refractivity contribution in [2.75, 3.05) is 19.1 Å². The molecule has 0 saturated carbocycles. The third-order valence-electron chi connectivity index (χ3n) is 6.68. The van der Waals surface area contributed by atoms with E-state index in [1.54, 1.807) is 16.5 Å². The quantitative estimate of drug-likeness (QED) is 0.102. The largest absolute Gasteiger partial charge is 0.381 e. The first-order chi connectivity index (χ1) is 16.2. The van der Waals surface area contributed by atoms with Crippen LogP contribution < -0.4 is 10.4 Å². The minimum Gasteiger partial charge on any atom is -0.381 e. The van der Waals surface area contributed by atoms with Crippen LogP contribution >= 0.6 is 46.0 Å². The van der Waals surface area contributed by atoms with Gasteiger partial charge in [0, 0.05) is 38.6 Å². The minimum atomic E-state index is -1.71. The topological polar surface area (TPSA) is 43.4 Å². The maximum atomic E-state index is 13.0. The van der Waals surface area contributed by atoms with Crippen molar-refractivity contribution in [2.24, 2.45) is 5.92 Å². The summed E-state index contributed by atoms with van der Waals surface area (Å²) in [5.41, 5.74) is 0. The number of fused-ring (bicyclic) bond motifs is 3. The summed E-state index contributed by atoms with van der Waals surface area (Å²) < 4.78 is 5.68. The fraction of sp³-hybridized carbons (Fsp3) is 0.538. The number of Topliss-reactive ketones (excluding diaryl/α,β-unsaturated/α-hetero) is 1. The number of carbonyl (C=O) groups is 2. The van der Waals surface area contributed by atoms with Gasteiger partial charge in [0.15, 0.2) is 5.78 Å². The van der Waals surface area contributed by atoms with E-state index in [1.165, 1.54) is 19.8 Å². The van der Waals surface area contributed by atoms with Gasteiger partial charge in [-0.15, -0.1) is 34.3 Å². The number of thiophene rings is 2. The standard InChI is InChI=1S/C26H33ClO3S3Si/c1-16(2)19-15-22-25(32-19)24-21(34(22,3)4)14-17(31-24)13-20-23(28)18(26(29)33-20)9-12-30-11-8-6-5-7-10-27/h13-16,18H,5-12H2,1-4H3/b20-13-. The second kappa shape index (κ2) is 11.1. The molecule has 4 heterocycles. The average molecular weight is 553 g/mol. The Kier molecular flexibility index (Phi) is 8.64. The summed E-state index contributed by atoms with van der Waals surface area (Å²) in [5, 5.41) is 2.99. The lowest BCUT2D eigenvalue weighted by Crippen LogP contribution is -2.48. The number of rotatable bonds is 11. The Morgan fingerprint density at radius 3 is 2.47 bits per heavy atom. The normalized spacial score (nSPS) is 20.1. The molecular weight excluding hydrogens is 520 g/mol. The molecule has 2 aromatic heterocycles. The van der Waals surface area contributed by atoms with E-state index in [9.17, 15) is 9.59 Å². The zero-order chi connectivity index (χ0) is 24.5. The van der Waals surface area contributed by atoms with Gasteiger partial charge in [0.25, 0.3) is 0 Å². The van der Waals surface area contributed by atoms with Crippen LogP contribution in [0.1, 0.15) is 61.6 Å². The average Bonchev–Trinajstić information content (AvgIpc) is 3.50. The van der Waals surface area contributed by atoms with Gasteiger partial charge in [-0.2, -0.15) is 0 Å². The fourth-order valence-corrected chi connectivity index (χ4v) is 13.0. The Morgan fingerprint density at radius 1 is 1.03 bits per heavy atom. The summed E-state index contributed by atoms with van der Waals surface area (Å²) in [7, 11) is -1.71. The van der Waals surface area contributed by atoms with E-state index in [2.05, 4.69) is 39.1 Å². The van der Waals surface area contributed by atoms with E-state index in [4.69, 9.17) is 16.3 Å². The molecule has 0 radical (unpaired) electrons. The third kappa shape index (κ3) is 5.35. The van der Waals surface area contributed by atoms with E-state index < -0.39 is 14.0 Å². The van der Waals surface area contributed by atoms with Crippen LogP contribution in [0.25, 0.3) is 15.8 Å². The number of halogens is 1. The monoisotopic (exact) mass is 552 g/mol. The Hall–Kier alpha value is -0.703. The molecule has 1 saturated heterocycles. The Bertz CT molecular complexity index is 1100. The first kappa shape index (κ1) is 26.4. The summed E-state index contributed by atoms with van der Waals surface area (Å²) in [4.78, 5) is 31.5. The molecule has 1 atom stereocenters. The number of carbonyl (C=O) groups excluding carboxylic acids is 2. The van der Waals surface area contributed by atoms with Gasteiger partial charge in [-0.25, -0.2) is 0 Å². The number of ether oxygens (including phenoxy) is 1. The highest BCUT2D eigenvalue weighted by Gasteiger charge is 2.42. The molecule has 0 aliphatic carbocycles. The fourth-order valence-electron chi connectivity index (χ4n) is 4.53. The van der Waals surface area contributed by atoms with Gasteiger partial charge in [-0.1, -0.05) is 39.8 Å². The van der Waals surface area contributed by atoms with Crippen molar-refractivity contribution in [1.29, 1.82) is 0 Å². The number of hydrogen-bond acceptors (Lipinski definition) is 6. The van der Waals surface area contributed by atoms with Gasteiger partial charge in [0.2, 0.25) is 5.12 Å². The number of unbranched alkanes of at least 4 members (excludes halogenated alkanes) is 3. The lowest BCUT2D eigenvalue weighted by Gasteiger charge is -2.16. The summed E-state index contributed by atoms with van der Waals surface area (Å²) >= 11 is 10.5. The molecule has 0 N–H and O–H groups in total. The molecule has 0 spiro atoms. The summed E-state index contributed by atoms with van der Waals surface area (Å²) in [5.74, 6) is 0.649. The van der Waals surface area contributed by atoms with E-state index in [0.29, 0.717) is 36.3 Å². The Labute approximate surface area is 221 Å². The van der Waals surface area contributed by atoms with E-state index in [0.717, 1.165) is 42.3 Å². The van der Waals surface area contributed by atoms with Gasteiger partial charge in [-0.05, 0) is 65.5 Å². The predicted molar refractivity (Wildman–Crippen MR) is 152 cm³/mol. The Morgan fingerprint density at radius 2 is 1.74 bits per heavy atom. The molecule has 2 aliphatic heterocycles. The highest BCUT2D eigenvalue weighted by molar-refractivity contribution is 8.18. The van der Waals surface area contributed by atoms with Crippen LogP contribution in [0.15, 0.2) is 17.0 Å². The van der Waals surface area contributed by atoms with Crippen LogP contribution in [0.3, 0.4) is 0 Å². The maximum Gasteiger partial charge on any atom is 0.204 e. The second-order valence-electron chi connectivity index (χ2n) is 9.91. The summed E-state index contributed by atoms with van der Waals surface area (Å²) in [6, 6.07) is 4.71. The summed E-state index contributed by atoms with van der Waals surface area (Å²) in [6.45, 7) is 10.5. The second-order valence-corrected chi connectivity index (χ2v) is 17.8. The van der Waals surface area contributed by atoms with Crippen molar-refractivity contribution in [2.45, 2.75) is 65.0 Å². The van der Waals surface area contributed by atoms with E-state index in [1.807, 2.05) is 17.4 Å². The number of hydrogen-bond donors (Lipinski definition) is 0. The first-order valence-electron chi connectivity index (χ1n) is 12.1. The summed E-state index contributed by atoms with van der Waals surface area (Å²) in [6.07, 6.45) is 6.69. The lowest BCUT2D eigenvalue weighted by atomic mass is 10.0. The van der Waals surface area contributed by atoms with Gasteiger partial charge in [-0.3, -0.25) is 9.59 Å². The number of allylic oxidation sites excluding steroid dienone is 1. The maximum absolute atomic E-state index is 13.0. The predicted octanol–water partition coefficient (Wildman–Crippen LogP) is 6.74. The van der Waals surface area contributed by atoms with E-state index in [-0.39, 0.29) is 10.9 Å². The van der Waals surface area contributed by atoms with Crippen LogP contribution in [0.2, 0.25) is 13.1 Å². The SMILES string of the molecule is CC(C)c1cc2c(s1)-c1sc(/C=C3\SC(=O)C(CCOCCCCCCCl)C3=O)cc1[Si]2(C)C.